The van der Waals surface area contributed by atoms with Crippen LogP contribution in [0.4, 0.5) is 4.79 Å². The Morgan fingerprint density at radius 2 is 2.12 bits per heavy atom. The van der Waals surface area contributed by atoms with Gasteiger partial charge in [-0.2, -0.15) is 0 Å². The molecular formula is C11H18N2O3. The zero-order valence-electron chi connectivity index (χ0n) is 9.64. The third-order valence-corrected chi connectivity index (χ3v) is 3.67. The molecule has 0 aromatic heterocycles. The minimum absolute atomic E-state index is 0.0347. The van der Waals surface area contributed by atoms with Crippen molar-refractivity contribution in [2.24, 2.45) is 11.8 Å². The van der Waals surface area contributed by atoms with Crippen molar-refractivity contribution in [1.29, 1.82) is 0 Å². The molecule has 0 spiro atoms. The van der Waals surface area contributed by atoms with Gasteiger partial charge in [-0.05, 0) is 18.8 Å². The highest BCUT2D eigenvalue weighted by Crippen LogP contribution is 2.33. The Balaban J connectivity index is 1.88. The first kappa shape index (κ1) is 11.2. The molecule has 0 radical (unpaired) electrons. The topological polar surface area (TPSA) is 69.6 Å². The van der Waals surface area contributed by atoms with E-state index in [0.29, 0.717) is 25.3 Å². The van der Waals surface area contributed by atoms with Gasteiger partial charge in [0.25, 0.3) is 0 Å². The van der Waals surface area contributed by atoms with Gasteiger partial charge in [-0.25, -0.2) is 4.79 Å². The van der Waals surface area contributed by atoms with Crippen LogP contribution in [0.5, 0.6) is 0 Å². The molecule has 2 aliphatic rings. The molecular weight excluding hydrogens is 208 g/mol. The number of hydrogen-bond acceptors (Lipinski definition) is 2. The quantitative estimate of drug-likeness (QED) is 0.751. The number of nitrogens with one attached hydrogen (secondary N) is 1. The third-order valence-electron chi connectivity index (χ3n) is 3.67. The molecule has 1 aliphatic carbocycles. The number of nitrogens with zero attached hydrogens (tertiary/aromatic N) is 1. The number of carbonyl (C=O) groups is 2. The lowest BCUT2D eigenvalue weighted by Crippen LogP contribution is -2.48. The first-order valence-electron chi connectivity index (χ1n) is 5.79. The summed E-state index contributed by atoms with van der Waals surface area (Å²) in [5, 5.41) is 11.7. The molecule has 2 rings (SSSR count). The predicted molar refractivity (Wildman–Crippen MR) is 58.0 cm³/mol. The van der Waals surface area contributed by atoms with Crippen LogP contribution >= 0.6 is 0 Å². The van der Waals surface area contributed by atoms with E-state index in [-0.39, 0.29) is 24.0 Å². The van der Waals surface area contributed by atoms with Crippen molar-refractivity contribution in [2.75, 3.05) is 6.54 Å². The van der Waals surface area contributed by atoms with Crippen molar-refractivity contribution >= 4 is 12.0 Å². The van der Waals surface area contributed by atoms with Crippen LogP contribution in [0.25, 0.3) is 0 Å². The normalized spacial score (nSPS) is 33.8. The third kappa shape index (κ3) is 1.86. The van der Waals surface area contributed by atoms with E-state index >= 15 is 0 Å². The van der Waals surface area contributed by atoms with E-state index < -0.39 is 5.97 Å². The molecule has 1 saturated heterocycles. The summed E-state index contributed by atoms with van der Waals surface area (Å²) in [5.74, 6) is -0.573. The maximum atomic E-state index is 11.7. The van der Waals surface area contributed by atoms with Gasteiger partial charge in [-0.15, -0.1) is 0 Å². The Labute approximate surface area is 94.8 Å². The highest BCUT2D eigenvalue weighted by molar-refractivity contribution is 5.78. The number of carboxylic acid groups (broad SMARTS) is 1. The van der Waals surface area contributed by atoms with Gasteiger partial charge in [0.1, 0.15) is 0 Å². The molecule has 0 aromatic carbocycles. The molecule has 5 nitrogen and oxygen atoms in total. The molecule has 90 valence electrons. The number of rotatable bonds is 3. The highest BCUT2D eigenvalue weighted by Gasteiger charge is 2.43. The number of aliphatic carboxylic acids is 1. The van der Waals surface area contributed by atoms with Crippen LogP contribution in [0.2, 0.25) is 0 Å². The monoisotopic (exact) mass is 226 g/mol. The van der Waals surface area contributed by atoms with E-state index in [4.69, 9.17) is 5.11 Å². The van der Waals surface area contributed by atoms with Gasteiger partial charge >= 0.3 is 12.0 Å². The maximum absolute atomic E-state index is 11.7. The number of hydrogen-bond donors (Lipinski definition) is 2. The Morgan fingerprint density at radius 3 is 2.56 bits per heavy atom. The fraction of sp³-hybridized carbons (Fsp3) is 0.818. The highest BCUT2D eigenvalue weighted by atomic mass is 16.4. The van der Waals surface area contributed by atoms with Crippen molar-refractivity contribution in [3.05, 3.63) is 0 Å². The first-order valence-corrected chi connectivity index (χ1v) is 5.79. The van der Waals surface area contributed by atoms with E-state index in [1.807, 2.05) is 0 Å². The lowest BCUT2D eigenvalue weighted by molar-refractivity contribution is -0.146. The zero-order chi connectivity index (χ0) is 11.9. The smallest absolute Gasteiger partial charge is 0.318 e. The van der Waals surface area contributed by atoms with Crippen LogP contribution in [0.3, 0.4) is 0 Å². The van der Waals surface area contributed by atoms with Gasteiger partial charge in [0.2, 0.25) is 0 Å². The molecule has 1 unspecified atom stereocenters. The molecule has 16 heavy (non-hydrogen) atoms. The molecule has 0 aromatic rings. The van der Waals surface area contributed by atoms with Gasteiger partial charge in [0.05, 0.1) is 12.0 Å². The van der Waals surface area contributed by atoms with Crippen LogP contribution in [0.1, 0.15) is 26.7 Å². The van der Waals surface area contributed by atoms with Crippen molar-refractivity contribution in [3.8, 4) is 0 Å². The second-order valence-corrected chi connectivity index (χ2v) is 5.11. The van der Waals surface area contributed by atoms with Gasteiger partial charge in [-0.1, -0.05) is 13.8 Å². The fourth-order valence-electron chi connectivity index (χ4n) is 2.32. The molecule has 1 atom stereocenters. The van der Waals surface area contributed by atoms with Crippen molar-refractivity contribution < 1.29 is 14.7 Å². The molecule has 2 N–H and O–H groups in total. The standard InChI is InChI=1S/C11H18N2O3/c1-6(2)9-5-13(11(16)12-9)8-3-7(4-8)10(14)15/h6-9H,3-5H2,1-2H3,(H,12,16)(H,14,15). The van der Waals surface area contributed by atoms with E-state index in [1.54, 1.807) is 4.90 Å². The van der Waals surface area contributed by atoms with E-state index in [9.17, 15) is 9.59 Å². The van der Waals surface area contributed by atoms with Crippen LogP contribution < -0.4 is 5.32 Å². The SMILES string of the molecule is CC(C)C1CN(C2CC(C(=O)O)C2)C(=O)N1. The van der Waals surface area contributed by atoms with Crippen LogP contribution in [-0.2, 0) is 4.79 Å². The summed E-state index contributed by atoms with van der Waals surface area (Å²) < 4.78 is 0. The minimum Gasteiger partial charge on any atom is -0.481 e. The second kappa shape index (κ2) is 3.96. The second-order valence-electron chi connectivity index (χ2n) is 5.11. The molecule has 2 amide bonds. The van der Waals surface area contributed by atoms with E-state index in [2.05, 4.69) is 19.2 Å². The summed E-state index contributed by atoms with van der Waals surface area (Å²) in [7, 11) is 0. The summed E-state index contributed by atoms with van der Waals surface area (Å²) >= 11 is 0. The Morgan fingerprint density at radius 1 is 1.50 bits per heavy atom. The summed E-state index contributed by atoms with van der Waals surface area (Å²) in [4.78, 5) is 24.1. The molecule has 1 heterocycles. The van der Waals surface area contributed by atoms with E-state index in [1.165, 1.54) is 0 Å². The zero-order valence-corrected chi connectivity index (χ0v) is 9.64. The van der Waals surface area contributed by atoms with Crippen molar-refractivity contribution in [1.82, 2.24) is 10.2 Å². The number of amides is 2. The fourth-order valence-corrected chi connectivity index (χ4v) is 2.32. The Bertz CT molecular complexity index is 310. The molecule has 5 heteroatoms. The van der Waals surface area contributed by atoms with Gasteiger partial charge < -0.3 is 15.3 Å². The average molecular weight is 226 g/mol. The number of urea groups is 1. The largest absolute Gasteiger partial charge is 0.481 e. The summed E-state index contributed by atoms with van der Waals surface area (Å²) in [6.07, 6.45) is 1.21. The lowest BCUT2D eigenvalue weighted by Gasteiger charge is -2.38. The van der Waals surface area contributed by atoms with Crippen molar-refractivity contribution in [2.45, 2.75) is 38.8 Å². The Hall–Kier alpha value is -1.26. The van der Waals surface area contributed by atoms with Gasteiger partial charge in [0.15, 0.2) is 0 Å². The number of carboxylic acids is 1. The molecule has 1 aliphatic heterocycles. The van der Waals surface area contributed by atoms with Crippen molar-refractivity contribution in [3.63, 3.8) is 0 Å². The molecule has 1 saturated carbocycles. The minimum atomic E-state index is -0.740. The summed E-state index contributed by atoms with van der Waals surface area (Å²) in [6.45, 7) is 4.87. The number of carbonyl (C=O) groups excluding carboxylic acids is 1. The summed E-state index contributed by atoms with van der Waals surface area (Å²) in [5.41, 5.74) is 0. The maximum Gasteiger partial charge on any atom is 0.318 e. The first-order chi connectivity index (χ1) is 7.49. The lowest BCUT2D eigenvalue weighted by atomic mass is 9.79. The van der Waals surface area contributed by atoms with E-state index in [0.717, 1.165) is 0 Å². The van der Waals surface area contributed by atoms with Crippen LogP contribution in [0.15, 0.2) is 0 Å². The van der Waals surface area contributed by atoms with Gasteiger partial charge in [0, 0.05) is 12.6 Å². The average Bonchev–Trinajstić information content (AvgIpc) is 2.45. The predicted octanol–water partition coefficient (Wildman–Crippen LogP) is 0.899. The molecule has 0 bridgehead atoms. The summed E-state index contributed by atoms with van der Waals surface area (Å²) in [6, 6.07) is 0.300. The Kier molecular flexibility index (Phi) is 2.78. The molecule has 2 fully saturated rings. The van der Waals surface area contributed by atoms with Gasteiger partial charge in [-0.3, -0.25) is 4.79 Å². The van der Waals surface area contributed by atoms with Crippen LogP contribution in [0, 0.1) is 11.8 Å². The van der Waals surface area contributed by atoms with Crippen LogP contribution in [-0.4, -0.2) is 40.6 Å².